The van der Waals surface area contributed by atoms with Crippen molar-refractivity contribution in [3.8, 4) is 0 Å². The molecule has 0 fully saturated rings. The Balaban J connectivity index is 1.85. The van der Waals surface area contributed by atoms with Crippen molar-refractivity contribution in [2.24, 2.45) is 11.8 Å². The van der Waals surface area contributed by atoms with Gasteiger partial charge in [-0.3, -0.25) is 0 Å². The second-order valence-electron chi connectivity index (χ2n) is 10.2. The van der Waals surface area contributed by atoms with Gasteiger partial charge in [0.1, 0.15) is 8.07 Å². The number of allylic oxidation sites excluding steroid dienone is 16. The van der Waals surface area contributed by atoms with E-state index in [0.29, 0.717) is 11.8 Å². The molecule has 4 aliphatic carbocycles. The maximum Gasteiger partial charge on any atom is 0.111 e. The summed E-state index contributed by atoms with van der Waals surface area (Å²) in [5.41, 5.74) is 3.20. The molecule has 0 nitrogen and oxygen atoms in total. The minimum atomic E-state index is -1.71. The van der Waals surface area contributed by atoms with Gasteiger partial charge in [-0.1, -0.05) is 121 Å². The van der Waals surface area contributed by atoms with Crippen LogP contribution in [0.25, 0.3) is 0 Å². The highest BCUT2D eigenvalue weighted by molar-refractivity contribution is 7.47. The van der Waals surface area contributed by atoms with Crippen LogP contribution in [0.4, 0.5) is 0 Å². The molecule has 0 aromatic rings. The van der Waals surface area contributed by atoms with Crippen LogP contribution >= 0.6 is 0 Å². The van der Waals surface area contributed by atoms with Crippen LogP contribution in [0.15, 0.2) is 92.7 Å². The second-order valence-corrected chi connectivity index (χ2v) is 29.6. The lowest BCUT2D eigenvalue weighted by atomic mass is 9.98. The predicted octanol–water partition coefficient (Wildman–Crippen LogP) is 6.32. The van der Waals surface area contributed by atoms with Crippen molar-refractivity contribution in [2.45, 2.75) is 39.3 Å². The predicted molar refractivity (Wildman–Crippen MR) is 126 cm³/mol. The van der Waals surface area contributed by atoms with E-state index in [-0.39, 0.29) is 0 Å². The van der Waals surface area contributed by atoms with Crippen molar-refractivity contribution >= 4 is 23.3 Å². The highest BCUT2D eigenvalue weighted by atomic mass is 29.3. The molecule has 0 aromatic carbocycles. The first-order valence-electron chi connectivity index (χ1n) is 10.3. The van der Waals surface area contributed by atoms with Gasteiger partial charge in [0.25, 0.3) is 0 Å². The van der Waals surface area contributed by atoms with Crippen LogP contribution in [0.1, 0.15) is 0 Å². The van der Waals surface area contributed by atoms with Gasteiger partial charge in [-0.05, 0) is 11.1 Å². The van der Waals surface area contributed by atoms with Crippen molar-refractivity contribution in [1.29, 1.82) is 0 Å². The summed E-state index contributed by atoms with van der Waals surface area (Å²) >= 11 is 0. The Morgan fingerprint density at radius 3 is 2.26 bits per heavy atom. The molecule has 0 saturated carbocycles. The summed E-state index contributed by atoms with van der Waals surface area (Å²) in [5.74, 6) is 1.09. The SMILES string of the molecule is C[Si]1(C)C2=CC3C=CC=CC3=C2[Si](C)(C)[Si](C)(C)C2=C1C=C1C=CC=CC12. The van der Waals surface area contributed by atoms with Gasteiger partial charge in [0.2, 0.25) is 0 Å². The Morgan fingerprint density at radius 2 is 1.48 bits per heavy atom. The zero-order chi connectivity index (χ0) is 19.2. The first-order chi connectivity index (χ1) is 12.7. The molecule has 27 heavy (non-hydrogen) atoms. The van der Waals surface area contributed by atoms with Gasteiger partial charge in [-0.25, -0.2) is 0 Å². The maximum atomic E-state index is 2.70. The molecule has 0 saturated heterocycles. The second kappa shape index (κ2) is 5.34. The molecule has 0 radical (unpaired) electrons. The molecular formula is C24H30Si3. The molecule has 5 rings (SSSR count). The van der Waals surface area contributed by atoms with E-state index >= 15 is 0 Å². The molecule has 2 unspecified atom stereocenters. The van der Waals surface area contributed by atoms with Gasteiger partial charge in [-0.2, -0.15) is 0 Å². The minimum Gasteiger partial charge on any atom is -0.0737 e. The largest absolute Gasteiger partial charge is 0.111 e. The maximum absolute atomic E-state index is 2.70. The van der Waals surface area contributed by atoms with E-state index in [1.807, 2.05) is 10.4 Å². The van der Waals surface area contributed by atoms with E-state index in [1.165, 1.54) is 0 Å². The highest BCUT2D eigenvalue weighted by Gasteiger charge is 2.58. The van der Waals surface area contributed by atoms with Gasteiger partial charge in [0.15, 0.2) is 0 Å². The van der Waals surface area contributed by atoms with E-state index < -0.39 is 23.3 Å². The third-order valence-corrected chi connectivity index (χ3v) is 30.0. The average molecular weight is 403 g/mol. The summed E-state index contributed by atoms with van der Waals surface area (Å²) in [4.78, 5) is 0. The van der Waals surface area contributed by atoms with Gasteiger partial charge in [-0.15, -0.1) is 0 Å². The quantitative estimate of drug-likeness (QED) is 0.416. The number of rotatable bonds is 0. The smallest absolute Gasteiger partial charge is 0.0737 e. The van der Waals surface area contributed by atoms with Crippen LogP contribution in [0.5, 0.6) is 0 Å². The zero-order valence-electron chi connectivity index (χ0n) is 17.4. The number of hydrogen-bond donors (Lipinski definition) is 0. The monoisotopic (exact) mass is 402 g/mol. The van der Waals surface area contributed by atoms with E-state index in [9.17, 15) is 0 Å². The zero-order valence-corrected chi connectivity index (χ0v) is 20.4. The summed E-state index contributed by atoms with van der Waals surface area (Å²) in [6, 6.07) is 0. The van der Waals surface area contributed by atoms with Crippen LogP contribution < -0.4 is 0 Å². The fourth-order valence-corrected chi connectivity index (χ4v) is 23.9. The third kappa shape index (κ3) is 2.08. The molecule has 0 amide bonds. The topological polar surface area (TPSA) is 0 Å². The van der Waals surface area contributed by atoms with E-state index in [4.69, 9.17) is 0 Å². The van der Waals surface area contributed by atoms with Crippen molar-refractivity contribution < 1.29 is 0 Å². The van der Waals surface area contributed by atoms with Gasteiger partial charge in [0, 0.05) is 11.8 Å². The summed E-state index contributed by atoms with van der Waals surface area (Å²) in [6.07, 6.45) is 24.0. The number of hydrogen-bond acceptors (Lipinski definition) is 0. The molecule has 5 aliphatic rings. The van der Waals surface area contributed by atoms with Crippen molar-refractivity contribution in [1.82, 2.24) is 0 Å². The van der Waals surface area contributed by atoms with Crippen LogP contribution in [-0.4, -0.2) is 23.3 Å². The molecule has 2 atom stereocenters. The van der Waals surface area contributed by atoms with Gasteiger partial charge in [0.05, 0.1) is 15.2 Å². The fraction of sp³-hybridized carbons (Fsp3) is 0.333. The lowest BCUT2D eigenvalue weighted by Crippen LogP contribution is -2.58. The lowest BCUT2D eigenvalue weighted by molar-refractivity contribution is 0.984. The summed E-state index contributed by atoms with van der Waals surface area (Å²) in [6.45, 7) is 16.1. The molecule has 0 N–H and O–H groups in total. The summed E-state index contributed by atoms with van der Waals surface area (Å²) in [5, 5.41) is 7.30. The Morgan fingerprint density at radius 1 is 0.778 bits per heavy atom. The molecule has 0 aromatic heterocycles. The molecule has 1 aliphatic heterocycles. The summed E-state index contributed by atoms with van der Waals surface area (Å²) in [7, 11) is -4.92. The van der Waals surface area contributed by atoms with Crippen molar-refractivity contribution in [3.05, 3.63) is 92.7 Å². The Labute approximate surface area is 167 Å². The van der Waals surface area contributed by atoms with E-state index in [0.717, 1.165) is 0 Å². The van der Waals surface area contributed by atoms with Crippen LogP contribution in [0.3, 0.4) is 0 Å². The first kappa shape index (κ1) is 17.7. The number of fused-ring (bicyclic) bond motifs is 4. The van der Waals surface area contributed by atoms with Gasteiger partial charge < -0.3 is 0 Å². The lowest BCUT2D eigenvalue weighted by Gasteiger charge is -2.43. The molecule has 138 valence electrons. The Hall–Kier alpha value is -1.43. The third-order valence-electron chi connectivity index (χ3n) is 8.15. The Kier molecular flexibility index (Phi) is 3.49. The summed E-state index contributed by atoms with van der Waals surface area (Å²) < 4.78 is 0. The molecule has 0 spiro atoms. The first-order valence-corrected chi connectivity index (χ1v) is 20.3. The minimum absolute atomic E-state index is 0.529. The fourth-order valence-electron chi connectivity index (χ4n) is 6.00. The normalized spacial score (nSPS) is 33.3. The van der Waals surface area contributed by atoms with Crippen LogP contribution in [0, 0.1) is 11.8 Å². The molecule has 0 bridgehead atoms. The van der Waals surface area contributed by atoms with Gasteiger partial charge >= 0.3 is 0 Å². The molecular weight excluding hydrogens is 373 g/mol. The molecule has 3 heteroatoms. The standard InChI is InChI=1S/C24H30Si3/c1-25(2)21-15-17-11-7-9-13-19(17)23(21)26(3,4)27(5,6)24-20-14-10-8-12-18(20)16-22(24)25/h7-17,20H,1-6H3. The average Bonchev–Trinajstić information content (AvgIpc) is 3.20. The van der Waals surface area contributed by atoms with E-state index in [2.05, 4.69) is 100 Å². The van der Waals surface area contributed by atoms with Crippen molar-refractivity contribution in [3.63, 3.8) is 0 Å². The molecule has 1 heterocycles. The van der Waals surface area contributed by atoms with Crippen LogP contribution in [-0.2, 0) is 0 Å². The highest BCUT2D eigenvalue weighted by Crippen LogP contribution is 2.56. The Bertz CT molecular complexity index is 1000. The van der Waals surface area contributed by atoms with Crippen LogP contribution in [0.2, 0.25) is 39.3 Å². The van der Waals surface area contributed by atoms with Crippen molar-refractivity contribution in [2.75, 3.05) is 0 Å². The van der Waals surface area contributed by atoms with E-state index in [1.54, 1.807) is 21.5 Å².